The number of nitrogens with zero attached hydrogens (tertiary/aromatic N) is 1. The van der Waals surface area contributed by atoms with E-state index in [-0.39, 0.29) is 18.4 Å². The van der Waals surface area contributed by atoms with Gasteiger partial charge in [-0.25, -0.2) is 8.78 Å². The third-order valence-electron chi connectivity index (χ3n) is 4.32. The molecule has 4 nitrogen and oxygen atoms in total. The number of aliphatic hydroxyl groups excluding tert-OH is 1. The van der Waals surface area contributed by atoms with Crippen molar-refractivity contribution < 1.29 is 23.4 Å². The molecule has 2 atom stereocenters. The maximum absolute atomic E-state index is 13.3. The summed E-state index contributed by atoms with van der Waals surface area (Å²) < 4.78 is 31.8. The molecule has 1 N–H and O–H groups in total. The number of benzene rings is 2. The number of carbonyl (C=O) groups is 1. The molecule has 28 heavy (non-hydrogen) atoms. The van der Waals surface area contributed by atoms with E-state index in [1.54, 1.807) is 0 Å². The van der Waals surface area contributed by atoms with Gasteiger partial charge in [-0.15, -0.1) is 0 Å². The predicted molar refractivity (Wildman–Crippen MR) is 98.7 cm³/mol. The molecule has 1 fully saturated rings. The standard InChI is InChI=1S/C22H17F2NO3/c23-17-6-1-14(2-7-17)22(15-3-8-18(24)9-4-15)16(13-25)5-10-20-11-19(26)12-21(27)28-20/h1-10,19-20,26H,11-12H2/t19-,20-/m0/s1. The second-order valence-electron chi connectivity index (χ2n) is 6.40. The molecule has 1 aliphatic heterocycles. The smallest absolute Gasteiger partial charge is 0.309 e. The second-order valence-corrected chi connectivity index (χ2v) is 6.40. The van der Waals surface area contributed by atoms with Crippen molar-refractivity contribution in [2.75, 3.05) is 0 Å². The molecule has 2 aromatic carbocycles. The van der Waals surface area contributed by atoms with E-state index >= 15 is 0 Å². The molecule has 0 saturated carbocycles. The van der Waals surface area contributed by atoms with Crippen LogP contribution in [0.3, 0.4) is 0 Å². The lowest BCUT2D eigenvalue weighted by Crippen LogP contribution is -2.31. The number of nitriles is 1. The Morgan fingerprint density at radius 1 is 1.07 bits per heavy atom. The van der Waals surface area contributed by atoms with Gasteiger partial charge in [0.25, 0.3) is 0 Å². The summed E-state index contributed by atoms with van der Waals surface area (Å²) in [6, 6.07) is 13.3. The van der Waals surface area contributed by atoms with Gasteiger partial charge in [0.15, 0.2) is 0 Å². The number of allylic oxidation sites excluding steroid dienone is 2. The molecule has 0 bridgehead atoms. The largest absolute Gasteiger partial charge is 0.458 e. The van der Waals surface area contributed by atoms with Crippen LogP contribution in [0.25, 0.3) is 5.57 Å². The molecular formula is C22H17F2NO3. The summed E-state index contributed by atoms with van der Waals surface area (Å²) in [5, 5.41) is 19.4. The van der Waals surface area contributed by atoms with Gasteiger partial charge in [0.05, 0.1) is 24.2 Å². The molecule has 1 heterocycles. The van der Waals surface area contributed by atoms with Crippen molar-refractivity contribution in [3.05, 3.63) is 89.0 Å². The normalized spacial score (nSPS) is 19.1. The highest BCUT2D eigenvalue weighted by atomic mass is 19.1. The Hall–Kier alpha value is -3.30. The SMILES string of the molecule is N#CC(C=C[C@H]1C[C@H](O)CC(=O)O1)=C(c1ccc(F)cc1)c1ccc(F)cc1. The minimum atomic E-state index is -0.793. The highest BCUT2D eigenvalue weighted by Gasteiger charge is 2.25. The number of cyclic esters (lactones) is 1. The summed E-state index contributed by atoms with van der Waals surface area (Å²) in [6.45, 7) is 0. The van der Waals surface area contributed by atoms with E-state index in [2.05, 4.69) is 6.07 Å². The average molecular weight is 381 g/mol. The van der Waals surface area contributed by atoms with Gasteiger partial charge in [-0.05, 0) is 47.5 Å². The van der Waals surface area contributed by atoms with E-state index in [0.717, 1.165) is 0 Å². The van der Waals surface area contributed by atoms with E-state index in [4.69, 9.17) is 4.74 Å². The molecule has 0 aromatic heterocycles. The van der Waals surface area contributed by atoms with Crippen molar-refractivity contribution in [1.82, 2.24) is 0 Å². The van der Waals surface area contributed by atoms with Gasteiger partial charge >= 0.3 is 5.97 Å². The van der Waals surface area contributed by atoms with Crippen LogP contribution in [0.5, 0.6) is 0 Å². The number of hydrogen-bond donors (Lipinski definition) is 1. The maximum Gasteiger partial charge on any atom is 0.309 e. The topological polar surface area (TPSA) is 70.3 Å². The van der Waals surface area contributed by atoms with Crippen molar-refractivity contribution in [1.29, 1.82) is 5.26 Å². The summed E-state index contributed by atoms with van der Waals surface area (Å²) in [6.07, 6.45) is 1.77. The van der Waals surface area contributed by atoms with Gasteiger partial charge in [-0.3, -0.25) is 4.79 Å². The number of rotatable bonds is 4. The summed E-state index contributed by atoms with van der Waals surface area (Å²) in [5.74, 6) is -1.34. The summed E-state index contributed by atoms with van der Waals surface area (Å²) >= 11 is 0. The zero-order valence-corrected chi connectivity index (χ0v) is 14.8. The van der Waals surface area contributed by atoms with Crippen LogP contribution in [0.4, 0.5) is 8.78 Å². The van der Waals surface area contributed by atoms with Gasteiger partial charge in [0, 0.05) is 12.0 Å². The van der Waals surface area contributed by atoms with Gasteiger partial charge in [-0.2, -0.15) is 5.26 Å². The number of halogens is 2. The quantitative estimate of drug-likeness (QED) is 0.495. The Kier molecular flexibility index (Phi) is 5.97. The number of aliphatic hydroxyl groups is 1. The number of carbonyl (C=O) groups excluding carboxylic acids is 1. The molecule has 1 saturated heterocycles. The molecule has 0 spiro atoms. The molecule has 6 heteroatoms. The lowest BCUT2D eigenvalue weighted by molar-refractivity contribution is -0.156. The molecule has 142 valence electrons. The van der Waals surface area contributed by atoms with Crippen LogP contribution in [0.2, 0.25) is 0 Å². The van der Waals surface area contributed by atoms with E-state index in [9.17, 15) is 23.9 Å². The fraction of sp³-hybridized carbons (Fsp3) is 0.182. The third-order valence-corrected chi connectivity index (χ3v) is 4.32. The molecule has 3 rings (SSSR count). The molecule has 2 aromatic rings. The number of hydrogen-bond acceptors (Lipinski definition) is 4. The fourth-order valence-corrected chi connectivity index (χ4v) is 3.02. The highest BCUT2D eigenvalue weighted by molar-refractivity contribution is 5.85. The molecular weight excluding hydrogens is 364 g/mol. The first kappa shape index (κ1) is 19.5. The first-order valence-corrected chi connectivity index (χ1v) is 8.68. The predicted octanol–water partition coefficient (Wildman–Crippen LogP) is 3.91. The van der Waals surface area contributed by atoms with E-state index in [1.165, 1.54) is 60.7 Å². The molecule has 1 aliphatic rings. The van der Waals surface area contributed by atoms with Crippen molar-refractivity contribution >= 4 is 11.5 Å². The highest BCUT2D eigenvalue weighted by Crippen LogP contribution is 2.28. The monoisotopic (exact) mass is 381 g/mol. The van der Waals surface area contributed by atoms with Crippen LogP contribution < -0.4 is 0 Å². The Bertz CT molecular complexity index is 909. The fourth-order valence-electron chi connectivity index (χ4n) is 3.02. The van der Waals surface area contributed by atoms with Gasteiger partial charge < -0.3 is 9.84 Å². The summed E-state index contributed by atoms with van der Waals surface area (Å²) in [5.41, 5.74) is 1.88. The van der Waals surface area contributed by atoms with E-state index in [1.807, 2.05) is 0 Å². The zero-order chi connectivity index (χ0) is 20.1. The maximum atomic E-state index is 13.3. The summed E-state index contributed by atoms with van der Waals surface area (Å²) in [7, 11) is 0. The number of esters is 1. The number of ether oxygens (including phenoxy) is 1. The van der Waals surface area contributed by atoms with Crippen LogP contribution in [0.15, 0.2) is 66.3 Å². The van der Waals surface area contributed by atoms with E-state index < -0.39 is 29.8 Å². The lowest BCUT2D eigenvalue weighted by Gasteiger charge is -2.23. The van der Waals surface area contributed by atoms with Crippen molar-refractivity contribution in [2.45, 2.75) is 25.0 Å². The van der Waals surface area contributed by atoms with Crippen LogP contribution in [-0.4, -0.2) is 23.3 Å². The average Bonchev–Trinajstić information content (AvgIpc) is 2.66. The minimum Gasteiger partial charge on any atom is -0.458 e. The lowest BCUT2D eigenvalue weighted by atomic mass is 9.92. The van der Waals surface area contributed by atoms with Crippen LogP contribution in [0.1, 0.15) is 24.0 Å². The third kappa shape index (κ3) is 4.70. The van der Waals surface area contributed by atoms with Gasteiger partial charge in [-0.1, -0.05) is 24.3 Å². The molecule has 0 aliphatic carbocycles. The van der Waals surface area contributed by atoms with Gasteiger partial charge in [0.2, 0.25) is 0 Å². The second kappa shape index (κ2) is 8.59. The summed E-state index contributed by atoms with van der Waals surface area (Å²) in [4.78, 5) is 11.5. The van der Waals surface area contributed by atoms with Crippen molar-refractivity contribution in [3.8, 4) is 6.07 Å². The Balaban J connectivity index is 2.04. The van der Waals surface area contributed by atoms with Crippen LogP contribution >= 0.6 is 0 Å². The minimum absolute atomic E-state index is 0.0539. The Labute approximate surface area is 161 Å². The van der Waals surface area contributed by atoms with Crippen LogP contribution in [0, 0.1) is 23.0 Å². The Morgan fingerprint density at radius 3 is 2.07 bits per heavy atom. The first-order chi connectivity index (χ1) is 13.5. The molecule has 0 unspecified atom stereocenters. The Morgan fingerprint density at radius 2 is 1.61 bits per heavy atom. The van der Waals surface area contributed by atoms with Crippen LogP contribution in [-0.2, 0) is 9.53 Å². The van der Waals surface area contributed by atoms with Gasteiger partial charge in [0.1, 0.15) is 17.7 Å². The van der Waals surface area contributed by atoms with Crippen molar-refractivity contribution in [2.24, 2.45) is 0 Å². The van der Waals surface area contributed by atoms with E-state index in [0.29, 0.717) is 16.7 Å². The molecule has 0 amide bonds. The zero-order valence-electron chi connectivity index (χ0n) is 14.8. The first-order valence-electron chi connectivity index (χ1n) is 8.68. The molecule has 0 radical (unpaired) electrons. The van der Waals surface area contributed by atoms with Crippen molar-refractivity contribution in [3.63, 3.8) is 0 Å².